The van der Waals surface area contributed by atoms with Crippen LogP contribution in [0.2, 0.25) is 0 Å². The van der Waals surface area contributed by atoms with Crippen molar-refractivity contribution in [1.29, 1.82) is 0 Å². The van der Waals surface area contributed by atoms with Crippen molar-refractivity contribution < 1.29 is 28.9 Å². The van der Waals surface area contributed by atoms with Crippen molar-refractivity contribution in [1.82, 2.24) is 19.8 Å². The largest absolute Gasteiger partial charge is 0.496 e. The molecule has 11 atom stereocenters. The average Bonchev–Trinajstić information content (AvgIpc) is 3.70. The molecule has 6 heterocycles. The molecule has 1 saturated carbocycles. The van der Waals surface area contributed by atoms with Crippen LogP contribution in [0.15, 0.2) is 36.4 Å². The summed E-state index contributed by atoms with van der Waals surface area (Å²) in [6.45, 7) is 6.04. The molecule has 10 rings (SSSR count). The predicted molar refractivity (Wildman–Crippen MR) is 203 cm³/mol. The Balaban J connectivity index is 1.31. The number of nitrogens with one attached hydrogen (secondary N) is 2. The highest BCUT2D eigenvalue weighted by Gasteiger charge is 2.65. The number of aliphatic hydroxyl groups excluding tert-OH is 1. The van der Waals surface area contributed by atoms with E-state index in [2.05, 4.69) is 77.1 Å². The minimum absolute atomic E-state index is 0.0137. The standard InChI is InChI=1S/C43H54N4O6/c1-7-22-17-24-20-43(42(50)53-6)38-27(15-16-47(39(22)43)40(24)48)26-13-14-33(51-4)35(37(26)45-38)30-18-28-23(8-2)21-46(3)32(34(28)41(49)52-5)19-29-25-11-9-10-12-31(25)44-36(29)30/h9-14,22-24,28,30,32,34,39-40,44-45,48H,7-8,15-21H2,1-6H3/t22-,23-,24+,28-,30-,32-,34-,39-,40+,43+/m0/s1. The molecule has 282 valence electrons. The van der Waals surface area contributed by atoms with Crippen molar-refractivity contribution in [3.05, 3.63) is 64.5 Å². The van der Waals surface area contributed by atoms with E-state index in [4.69, 9.17) is 14.2 Å². The van der Waals surface area contributed by atoms with Crippen LogP contribution in [0, 0.1) is 29.6 Å². The highest BCUT2D eigenvalue weighted by molar-refractivity contribution is 5.95. The number of aliphatic hydroxyl groups is 1. The third-order valence-electron chi connectivity index (χ3n) is 14.7. The van der Waals surface area contributed by atoms with Gasteiger partial charge < -0.3 is 34.2 Å². The van der Waals surface area contributed by atoms with E-state index in [0.29, 0.717) is 25.3 Å². The lowest BCUT2D eigenvalue weighted by molar-refractivity contribution is -0.196. The summed E-state index contributed by atoms with van der Waals surface area (Å²) in [5, 5.41) is 13.8. The number of hydrogen-bond donors (Lipinski definition) is 3. The van der Waals surface area contributed by atoms with Crippen LogP contribution in [0.3, 0.4) is 0 Å². The highest BCUT2D eigenvalue weighted by atomic mass is 16.5. The average molecular weight is 723 g/mol. The summed E-state index contributed by atoms with van der Waals surface area (Å²) in [5.41, 5.74) is 6.70. The van der Waals surface area contributed by atoms with Gasteiger partial charge >= 0.3 is 11.9 Å². The summed E-state index contributed by atoms with van der Waals surface area (Å²) in [6.07, 6.45) is 4.97. The van der Waals surface area contributed by atoms with Gasteiger partial charge in [-0.25, -0.2) is 0 Å². The quantitative estimate of drug-likeness (QED) is 0.211. The maximum Gasteiger partial charge on any atom is 0.319 e. The molecule has 6 bridgehead atoms. The smallest absolute Gasteiger partial charge is 0.319 e. The predicted octanol–water partition coefficient (Wildman–Crippen LogP) is 5.89. The number of likely N-dealkylation sites (N-methyl/N-ethyl adjacent to an activating group) is 1. The van der Waals surface area contributed by atoms with Crippen LogP contribution >= 0.6 is 0 Å². The number of carbonyl (C=O) groups is 2. The van der Waals surface area contributed by atoms with Crippen LogP contribution in [0.1, 0.15) is 79.9 Å². The van der Waals surface area contributed by atoms with E-state index >= 15 is 0 Å². The number of fused-ring (bicyclic) bond motifs is 9. The summed E-state index contributed by atoms with van der Waals surface area (Å²) >= 11 is 0. The third kappa shape index (κ3) is 4.80. The van der Waals surface area contributed by atoms with Crippen molar-refractivity contribution in [3.63, 3.8) is 0 Å². The van der Waals surface area contributed by atoms with E-state index in [0.717, 1.165) is 77.6 Å². The first-order valence-corrected chi connectivity index (χ1v) is 19.8. The minimum atomic E-state index is -0.926. The number of carbonyl (C=O) groups excluding carboxylic acids is 2. The molecule has 1 unspecified atom stereocenters. The van der Waals surface area contributed by atoms with Gasteiger partial charge in [0.15, 0.2) is 0 Å². The van der Waals surface area contributed by atoms with Gasteiger partial charge in [-0.05, 0) is 86.2 Å². The van der Waals surface area contributed by atoms with Gasteiger partial charge in [-0.2, -0.15) is 0 Å². The lowest BCUT2D eigenvalue weighted by atomic mass is 9.56. The van der Waals surface area contributed by atoms with Gasteiger partial charge in [0, 0.05) is 70.2 Å². The number of likely N-dealkylation sites (tertiary alicyclic amines) is 1. The topological polar surface area (TPSA) is 120 Å². The summed E-state index contributed by atoms with van der Waals surface area (Å²) < 4.78 is 17.6. The number of nitrogens with zero attached hydrogens (tertiary/aromatic N) is 2. The molecule has 10 heteroatoms. The Morgan fingerprint density at radius 3 is 2.49 bits per heavy atom. The zero-order valence-electron chi connectivity index (χ0n) is 31.9. The van der Waals surface area contributed by atoms with E-state index in [1.54, 1.807) is 7.11 Å². The Morgan fingerprint density at radius 2 is 1.75 bits per heavy atom. The Morgan fingerprint density at radius 1 is 0.962 bits per heavy atom. The fraction of sp³-hybridized carbons (Fsp3) is 0.581. The van der Waals surface area contributed by atoms with Gasteiger partial charge in [-0.3, -0.25) is 14.5 Å². The number of H-pyrrole nitrogens is 2. The molecule has 6 aliphatic rings. The Hall–Kier alpha value is -3.86. The van der Waals surface area contributed by atoms with Gasteiger partial charge in [-0.1, -0.05) is 44.9 Å². The van der Waals surface area contributed by atoms with Gasteiger partial charge in [0.1, 0.15) is 17.4 Å². The van der Waals surface area contributed by atoms with Crippen molar-refractivity contribution in [3.8, 4) is 5.75 Å². The molecule has 3 saturated heterocycles. The van der Waals surface area contributed by atoms with E-state index in [-0.39, 0.29) is 53.6 Å². The number of piperidine rings is 3. The van der Waals surface area contributed by atoms with Crippen molar-refractivity contribution in [2.75, 3.05) is 41.5 Å². The van der Waals surface area contributed by atoms with Crippen LogP contribution in [0.25, 0.3) is 21.8 Å². The minimum Gasteiger partial charge on any atom is -0.496 e. The van der Waals surface area contributed by atoms with E-state index in [1.165, 1.54) is 30.9 Å². The van der Waals surface area contributed by atoms with E-state index in [1.807, 2.05) is 0 Å². The monoisotopic (exact) mass is 722 g/mol. The molecule has 4 aromatic rings. The number of benzene rings is 2. The fourth-order valence-corrected chi connectivity index (χ4v) is 12.5. The zero-order chi connectivity index (χ0) is 36.9. The molecule has 0 spiro atoms. The van der Waals surface area contributed by atoms with Crippen molar-refractivity contribution in [2.45, 2.75) is 88.4 Å². The molecule has 53 heavy (non-hydrogen) atoms. The van der Waals surface area contributed by atoms with Crippen LogP contribution in [0.5, 0.6) is 5.75 Å². The van der Waals surface area contributed by atoms with E-state index in [9.17, 15) is 14.7 Å². The molecule has 3 N–H and O–H groups in total. The molecule has 0 radical (unpaired) electrons. The number of para-hydroxylation sites is 1. The lowest BCUT2D eigenvalue weighted by Crippen LogP contribution is -2.70. The zero-order valence-corrected chi connectivity index (χ0v) is 31.9. The number of aromatic nitrogens is 2. The highest BCUT2D eigenvalue weighted by Crippen LogP contribution is 2.58. The lowest BCUT2D eigenvalue weighted by Gasteiger charge is -2.59. The molecule has 4 fully saturated rings. The molecule has 2 aromatic carbocycles. The second-order valence-corrected chi connectivity index (χ2v) is 16.7. The summed E-state index contributed by atoms with van der Waals surface area (Å²) in [4.78, 5) is 40.9. The van der Waals surface area contributed by atoms with Gasteiger partial charge in [0.2, 0.25) is 0 Å². The first kappa shape index (κ1) is 34.9. The second kappa shape index (κ2) is 12.9. The SMILES string of the molecule is CC[C@H]1CN(C)[C@H]2Cc3c([nH]c4ccccc34)[C@H](c3c(OC)ccc4c5c([nH]c34)[C@]3(C(=O)OC)C[C@H]4C[C@H](CC)[C@@H]3N(CC5)[C@@H]4O)C[C@@H]1[C@@H]2C(=O)OC. The molecule has 4 aliphatic heterocycles. The van der Waals surface area contributed by atoms with E-state index < -0.39 is 11.6 Å². The Labute approximate surface area is 311 Å². The number of ether oxygens (including phenoxy) is 3. The number of rotatable bonds is 6. The number of methoxy groups -OCH3 is 3. The third-order valence-corrected chi connectivity index (χ3v) is 14.7. The second-order valence-electron chi connectivity index (χ2n) is 16.7. The van der Waals surface area contributed by atoms with Gasteiger partial charge in [-0.15, -0.1) is 0 Å². The maximum absolute atomic E-state index is 14.4. The fourth-order valence-electron chi connectivity index (χ4n) is 12.5. The van der Waals surface area contributed by atoms with Gasteiger partial charge in [0.05, 0.1) is 32.8 Å². The van der Waals surface area contributed by atoms with Crippen LogP contribution in [-0.2, 0) is 37.3 Å². The summed E-state index contributed by atoms with van der Waals surface area (Å²) in [7, 11) is 6.94. The summed E-state index contributed by atoms with van der Waals surface area (Å²) in [5.74, 6) is 0.665. The first-order valence-electron chi connectivity index (χ1n) is 19.8. The van der Waals surface area contributed by atoms with Crippen LogP contribution in [0.4, 0.5) is 0 Å². The molecule has 2 aromatic heterocycles. The molecule has 10 nitrogen and oxygen atoms in total. The maximum atomic E-state index is 14.4. The van der Waals surface area contributed by atoms with Crippen molar-refractivity contribution in [2.24, 2.45) is 29.6 Å². The Bertz CT molecular complexity index is 2090. The molecular weight excluding hydrogens is 668 g/mol. The van der Waals surface area contributed by atoms with Gasteiger partial charge in [0.25, 0.3) is 0 Å². The summed E-state index contributed by atoms with van der Waals surface area (Å²) in [6, 6.07) is 12.6. The number of hydrogen-bond acceptors (Lipinski definition) is 8. The molecule has 0 amide bonds. The Kier molecular flexibility index (Phi) is 8.48. The number of aromatic amines is 2. The molecule has 2 aliphatic carbocycles. The number of esters is 2. The van der Waals surface area contributed by atoms with Crippen molar-refractivity contribution >= 4 is 33.7 Å². The molecular formula is C43H54N4O6. The first-order chi connectivity index (χ1) is 25.7. The van der Waals surface area contributed by atoms with Crippen LogP contribution in [-0.4, -0.2) is 96.6 Å². The normalized spacial score (nSPS) is 34.8. The van der Waals surface area contributed by atoms with Crippen LogP contribution < -0.4 is 4.74 Å².